The van der Waals surface area contributed by atoms with Gasteiger partial charge in [-0.3, -0.25) is 9.59 Å². The average molecular weight is 517 g/mol. The van der Waals surface area contributed by atoms with Crippen molar-refractivity contribution in [3.8, 4) is 11.3 Å². The summed E-state index contributed by atoms with van der Waals surface area (Å²) in [5, 5.41) is 7.56. The molecule has 38 heavy (non-hydrogen) atoms. The Bertz CT molecular complexity index is 1620. The lowest BCUT2D eigenvalue weighted by atomic mass is 10.1. The van der Waals surface area contributed by atoms with E-state index in [2.05, 4.69) is 26.8 Å². The zero-order valence-electron chi connectivity index (χ0n) is 20.0. The minimum atomic E-state index is -0.712. The fourth-order valence-corrected chi connectivity index (χ4v) is 5.55. The molecule has 192 valence electrons. The predicted molar refractivity (Wildman–Crippen MR) is 135 cm³/mol. The van der Waals surface area contributed by atoms with Crippen LogP contribution >= 0.6 is 0 Å². The molecule has 1 aliphatic heterocycles. The van der Waals surface area contributed by atoms with E-state index in [0.29, 0.717) is 23.5 Å². The van der Waals surface area contributed by atoms with Gasteiger partial charge in [0.05, 0.1) is 17.5 Å². The maximum Gasteiger partial charge on any atom is 0.256 e. The monoisotopic (exact) mass is 516 g/mol. The number of halogens is 2. The van der Waals surface area contributed by atoms with E-state index in [0.717, 1.165) is 31.0 Å². The fourth-order valence-electron chi connectivity index (χ4n) is 5.55. The summed E-state index contributed by atoms with van der Waals surface area (Å²) >= 11 is 0. The Morgan fingerprint density at radius 2 is 1.92 bits per heavy atom. The number of likely N-dealkylation sites (tertiary alicyclic amines) is 1. The number of nitrogen functional groups attached to an aromatic ring is 1. The van der Waals surface area contributed by atoms with Crippen molar-refractivity contribution in [2.24, 2.45) is 5.92 Å². The number of pyridine rings is 1. The molecule has 6 rings (SSSR count). The van der Waals surface area contributed by atoms with Crippen LogP contribution in [0.15, 0.2) is 55.5 Å². The first kappa shape index (κ1) is 23.6. The third-order valence-electron chi connectivity index (χ3n) is 7.19. The van der Waals surface area contributed by atoms with Crippen LogP contribution in [0.3, 0.4) is 0 Å². The molecule has 1 saturated carbocycles. The second-order valence-electron chi connectivity index (χ2n) is 9.43. The highest BCUT2D eigenvalue weighted by atomic mass is 19.1. The summed E-state index contributed by atoms with van der Waals surface area (Å²) in [6.07, 6.45) is 5.47. The van der Waals surface area contributed by atoms with Crippen molar-refractivity contribution in [1.29, 1.82) is 0 Å². The van der Waals surface area contributed by atoms with Gasteiger partial charge in [0.15, 0.2) is 5.65 Å². The molecule has 1 aliphatic carbocycles. The van der Waals surface area contributed by atoms with E-state index in [1.165, 1.54) is 30.7 Å². The maximum atomic E-state index is 15.5. The Labute approximate surface area is 215 Å². The van der Waals surface area contributed by atoms with Gasteiger partial charge in [0.1, 0.15) is 35.3 Å². The van der Waals surface area contributed by atoms with Crippen LogP contribution < -0.4 is 11.1 Å². The predicted octanol–water partition coefficient (Wildman–Crippen LogP) is 3.35. The Morgan fingerprint density at radius 1 is 1.11 bits per heavy atom. The molecule has 1 aromatic carbocycles. The maximum absolute atomic E-state index is 15.5. The average Bonchev–Trinajstić information content (AvgIpc) is 3.61. The number of aromatic nitrogens is 5. The third kappa shape index (κ3) is 3.85. The van der Waals surface area contributed by atoms with Gasteiger partial charge in [0.2, 0.25) is 5.91 Å². The van der Waals surface area contributed by atoms with E-state index in [4.69, 9.17) is 10.8 Å². The molecular weight excluding hydrogens is 494 g/mol. The lowest BCUT2D eigenvalue weighted by molar-refractivity contribution is -0.128. The van der Waals surface area contributed by atoms with Crippen molar-refractivity contribution in [3.05, 3.63) is 72.7 Å². The summed E-state index contributed by atoms with van der Waals surface area (Å²) in [4.78, 5) is 39.2. The molecule has 0 spiro atoms. The van der Waals surface area contributed by atoms with Crippen LogP contribution in [0.25, 0.3) is 22.3 Å². The number of amides is 2. The standard InChI is InChI=1S/C26H22F2N8O2/c1-2-21(37)35-11-13-7-18(35)19(8-13)36-25-22(24(29)31-12-32-25)23(34-36)16-4-3-14(9-17(16)28)26(38)33-20-10-15(27)5-6-30-20/h2-6,9-10,12-13,18-19H,1,7-8,11H2,(H2,29,31,32)(H,30,33,38)/t13-,18?,19?/m1/s1. The highest BCUT2D eigenvalue weighted by Crippen LogP contribution is 2.46. The summed E-state index contributed by atoms with van der Waals surface area (Å²) in [6, 6.07) is 5.87. The number of carbonyl (C=O) groups excluding carboxylic acids is 2. The Morgan fingerprint density at radius 3 is 2.66 bits per heavy atom. The van der Waals surface area contributed by atoms with E-state index in [1.807, 2.05) is 0 Å². The van der Waals surface area contributed by atoms with Gasteiger partial charge in [-0.15, -0.1) is 0 Å². The number of benzene rings is 1. The summed E-state index contributed by atoms with van der Waals surface area (Å²) in [5.74, 6) is -1.61. The molecule has 0 radical (unpaired) electrons. The van der Waals surface area contributed by atoms with Crippen molar-refractivity contribution in [1.82, 2.24) is 29.6 Å². The normalized spacial score (nSPS) is 20.2. The van der Waals surface area contributed by atoms with Gasteiger partial charge in [-0.25, -0.2) is 28.4 Å². The zero-order chi connectivity index (χ0) is 26.6. The lowest BCUT2D eigenvalue weighted by Crippen LogP contribution is -2.42. The summed E-state index contributed by atoms with van der Waals surface area (Å²) in [7, 11) is 0. The van der Waals surface area contributed by atoms with Gasteiger partial charge in [-0.1, -0.05) is 6.58 Å². The van der Waals surface area contributed by atoms with Crippen molar-refractivity contribution in [2.75, 3.05) is 17.6 Å². The van der Waals surface area contributed by atoms with E-state index in [-0.39, 0.29) is 46.4 Å². The summed E-state index contributed by atoms with van der Waals surface area (Å²) < 4.78 is 30.6. The van der Waals surface area contributed by atoms with Gasteiger partial charge >= 0.3 is 0 Å². The van der Waals surface area contributed by atoms with Crippen molar-refractivity contribution < 1.29 is 18.4 Å². The number of hydrogen-bond donors (Lipinski definition) is 2. The SMILES string of the molecule is C=CC(=O)N1C[C@@H]2CC1C(n1nc(-c3ccc(C(=O)Nc4cc(F)ccn4)cc3F)c3c(N)ncnc31)C2. The number of carbonyl (C=O) groups is 2. The molecule has 10 nitrogen and oxygen atoms in total. The first-order valence-corrected chi connectivity index (χ1v) is 12.0. The molecule has 2 unspecified atom stereocenters. The Balaban J connectivity index is 1.37. The lowest BCUT2D eigenvalue weighted by Gasteiger charge is -2.32. The molecule has 2 amide bonds. The van der Waals surface area contributed by atoms with Crippen LogP contribution in [-0.4, -0.2) is 54.0 Å². The van der Waals surface area contributed by atoms with Gasteiger partial charge < -0.3 is 16.0 Å². The second kappa shape index (κ2) is 8.98. The van der Waals surface area contributed by atoms with Crippen LogP contribution in [0.5, 0.6) is 0 Å². The van der Waals surface area contributed by atoms with Crippen LogP contribution in [0.1, 0.15) is 29.2 Å². The molecule has 2 bridgehead atoms. The van der Waals surface area contributed by atoms with Crippen LogP contribution in [-0.2, 0) is 4.79 Å². The molecule has 3 N–H and O–H groups in total. The van der Waals surface area contributed by atoms with Crippen LogP contribution in [0.4, 0.5) is 20.4 Å². The topological polar surface area (TPSA) is 132 Å². The third-order valence-corrected chi connectivity index (χ3v) is 7.19. The van der Waals surface area contributed by atoms with E-state index in [1.54, 1.807) is 9.58 Å². The van der Waals surface area contributed by atoms with E-state index >= 15 is 4.39 Å². The smallest absolute Gasteiger partial charge is 0.256 e. The Hall–Kier alpha value is -4.74. The molecule has 4 heterocycles. The highest BCUT2D eigenvalue weighted by molar-refractivity contribution is 6.04. The minimum absolute atomic E-state index is 0.00369. The van der Waals surface area contributed by atoms with Gasteiger partial charge in [-0.2, -0.15) is 5.10 Å². The number of nitrogens with two attached hydrogens (primary N) is 1. The fraction of sp³-hybridized carbons (Fsp3) is 0.231. The molecule has 12 heteroatoms. The molecule has 3 atom stereocenters. The van der Waals surface area contributed by atoms with E-state index < -0.39 is 17.5 Å². The van der Waals surface area contributed by atoms with Gasteiger partial charge in [-0.05, 0) is 49.1 Å². The number of nitrogens with zero attached hydrogens (tertiary/aromatic N) is 6. The molecule has 3 aromatic heterocycles. The number of anilines is 2. The summed E-state index contributed by atoms with van der Waals surface area (Å²) in [5.41, 5.74) is 6.99. The molecule has 2 fully saturated rings. The second-order valence-corrected chi connectivity index (χ2v) is 9.43. The van der Waals surface area contributed by atoms with Gasteiger partial charge in [0.25, 0.3) is 5.91 Å². The number of rotatable bonds is 5. The minimum Gasteiger partial charge on any atom is -0.383 e. The quantitative estimate of drug-likeness (QED) is 0.389. The molecule has 1 saturated heterocycles. The van der Waals surface area contributed by atoms with Crippen LogP contribution in [0, 0.1) is 17.6 Å². The number of piperidine rings is 1. The largest absolute Gasteiger partial charge is 0.383 e. The molecule has 2 aliphatic rings. The molecular formula is C26H22F2N8O2. The van der Waals surface area contributed by atoms with Crippen molar-refractivity contribution in [3.63, 3.8) is 0 Å². The first-order chi connectivity index (χ1) is 18.3. The van der Waals surface area contributed by atoms with E-state index in [9.17, 15) is 14.0 Å². The number of nitrogens with one attached hydrogen (secondary N) is 1. The number of fused-ring (bicyclic) bond motifs is 3. The van der Waals surface area contributed by atoms with Gasteiger partial charge in [0, 0.05) is 29.9 Å². The highest BCUT2D eigenvalue weighted by Gasteiger charge is 2.48. The molecule has 4 aromatic rings. The van der Waals surface area contributed by atoms with Crippen molar-refractivity contribution in [2.45, 2.75) is 24.9 Å². The van der Waals surface area contributed by atoms with Crippen LogP contribution in [0.2, 0.25) is 0 Å². The first-order valence-electron chi connectivity index (χ1n) is 12.0. The summed E-state index contributed by atoms with van der Waals surface area (Å²) in [6.45, 7) is 4.27. The van der Waals surface area contributed by atoms with Crippen molar-refractivity contribution >= 4 is 34.5 Å². The number of hydrogen-bond acceptors (Lipinski definition) is 7. The zero-order valence-corrected chi connectivity index (χ0v) is 20.0. The Kier molecular flexibility index (Phi) is 5.59.